The Morgan fingerprint density at radius 3 is 2.40 bits per heavy atom. The largest absolute Gasteiger partial charge is 0.368 e. The number of piperazine rings is 1. The van der Waals surface area contributed by atoms with Gasteiger partial charge in [-0.3, -0.25) is 19.1 Å². The van der Waals surface area contributed by atoms with Crippen molar-refractivity contribution in [3.63, 3.8) is 0 Å². The van der Waals surface area contributed by atoms with Gasteiger partial charge in [0.15, 0.2) is 0 Å². The average Bonchev–Trinajstić information content (AvgIpc) is 3.14. The first-order valence-electron chi connectivity index (χ1n) is 11.5. The number of anilines is 2. The highest BCUT2D eigenvalue weighted by Crippen LogP contribution is 2.36. The highest BCUT2D eigenvalue weighted by atomic mass is 32.2. The van der Waals surface area contributed by atoms with Gasteiger partial charge in [0.25, 0.3) is 11.5 Å². The second-order valence-corrected chi connectivity index (χ2v) is 9.96. The number of carbonyl (C=O) groups excluding carboxylic acids is 1. The predicted molar refractivity (Wildman–Crippen MR) is 147 cm³/mol. The summed E-state index contributed by atoms with van der Waals surface area (Å²) in [6.07, 6.45) is 3.44. The monoisotopic (exact) mass is 505 g/mol. The number of thioether (sulfide) groups is 1. The first-order chi connectivity index (χ1) is 16.9. The molecular formula is C26H27N5O2S2. The summed E-state index contributed by atoms with van der Waals surface area (Å²) in [7, 11) is 0. The molecule has 0 unspecified atom stereocenters. The van der Waals surface area contributed by atoms with Crippen molar-refractivity contribution in [1.82, 2.24) is 9.47 Å². The van der Waals surface area contributed by atoms with E-state index in [1.807, 2.05) is 25.1 Å². The van der Waals surface area contributed by atoms with Crippen LogP contribution in [0.15, 0.2) is 52.7 Å². The van der Waals surface area contributed by atoms with Gasteiger partial charge >= 0.3 is 0 Å². The zero-order valence-corrected chi connectivity index (χ0v) is 21.5. The summed E-state index contributed by atoms with van der Waals surface area (Å²) in [4.78, 5) is 32.7. The smallest absolute Gasteiger partial charge is 0.270 e. The molecule has 0 atom stereocenters. The first-order valence-corrected chi connectivity index (χ1v) is 12.7. The van der Waals surface area contributed by atoms with Crippen LogP contribution in [-0.4, -0.2) is 52.4 Å². The SMILES string of the molecule is C=CCN1C(=O)/C(=C\c2c(C)c(C#N)c(=O)n(CC)c2N2CCN(c3ccccc3)CC2)SC1=S. The maximum atomic E-state index is 13.2. The lowest BCUT2D eigenvalue weighted by molar-refractivity contribution is -0.121. The minimum Gasteiger partial charge on any atom is -0.368 e. The Hall–Kier alpha value is -3.35. The van der Waals surface area contributed by atoms with Crippen LogP contribution >= 0.6 is 24.0 Å². The van der Waals surface area contributed by atoms with Crippen LogP contribution in [-0.2, 0) is 11.3 Å². The highest BCUT2D eigenvalue weighted by Gasteiger charge is 2.33. The molecule has 35 heavy (non-hydrogen) atoms. The molecule has 2 fully saturated rings. The zero-order valence-electron chi connectivity index (χ0n) is 19.9. The molecule has 0 spiro atoms. The number of carbonyl (C=O) groups is 1. The van der Waals surface area contributed by atoms with Gasteiger partial charge in [0, 0.05) is 50.5 Å². The van der Waals surface area contributed by atoms with Gasteiger partial charge in [-0.2, -0.15) is 5.26 Å². The number of hydrogen-bond acceptors (Lipinski definition) is 7. The molecule has 180 valence electrons. The molecule has 7 nitrogen and oxygen atoms in total. The third-order valence-electron chi connectivity index (χ3n) is 6.32. The van der Waals surface area contributed by atoms with E-state index in [-0.39, 0.29) is 17.0 Å². The van der Waals surface area contributed by atoms with Gasteiger partial charge in [-0.1, -0.05) is 48.3 Å². The van der Waals surface area contributed by atoms with E-state index in [2.05, 4.69) is 34.6 Å². The molecule has 2 aliphatic rings. The second-order valence-electron chi connectivity index (χ2n) is 8.29. The summed E-state index contributed by atoms with van der Waals surface area (Å²) in [6, 6.07) is 12.3. The number of para-hydroxylation sites is 1. The summed E-state index contributed by atoms with van der Waals surface area (Å²) >= 11 is 6.63. The number of thiocarbonyl (C=S) groups is 1. The van der Waals surface area contributed by atoms with Crippen LogP contribution in [0.25, 0.3) is 6.08 Å². The van der Waals surface area contributed by atoms with E-state index in [1.165, 1.54) is 22.3 Å². The van der Waals surface area contributed by atoms with Gasteiger partial charge in [-0.15, -0.1) is 6.58 Å². The molecule has 0 radical (unpaired) electrons. The maximum absolute atomic E-state index is 13.2. The Bertz CT molecular complexity index is 1300. The van der Waals surface area contributed by atoms with Crippen LogP contribution in [0.4, 0.5) is 11.5 Å². The standard InChI is InChI=1S/C26H27N5O2S2/c1-4-11-31-25(33)22(35-26(31)34)16-20-18(3)21(17-27)24(32)30(5-2)23(20)29-14-12-28(13-15-29)19-9-7-6-8-10-19/h4,6-10,16H,1,5,11-15H2,2-3H3/b22-16+. The van der Waals surface area contributed by atoms with Crippen molar-refractivity contribution in [1.29, 1.82) is 5.26 Å². The van der Waals surface area contributed by atoms with Gasteiger partial charge < -0.3 is 9.80 Å². The molecule has 2 aromatic rings. The fourth-order valence-electron chi connectivity index (χ4n) is 4.51. The Morgan fingerprint density at radius 1 is 1.14 bits per heavy atom. The van der Waals surface area contributed by atoms with Crippen molar-refractivity contribution in [2.75, 3.05) is 42.5 Å². The molecule has 1 amide bonds. The fourth-order valence-corrected chi connectivity index (χ4v) is 5.77. The number of hydrogen-bond donors (Lipinski definition) is 0. The molecule has 1 aromatic carbocycles. The minimum absolute atomic E-state index is 0.103. The third-order valence-corrected chi connectivity index (χ3v) is 7.70. The van der Waals surface area contributed by atoms with E-state index in [4.69, 9.17) is 12.2 Å². The average molecular weight is 506 g/mol. The maximum Gasteiger partial charge on any atom is 0.270 e. The highest BCUT2D eigenvalue weighted by molar-refractivity contribution is 8.26. The number of aromatic nitrogens is 1. The first kappa shape index (κ1) is 24.8. The molecule has 2 saturated heterocycles. The van der Waals surface area contributed by atoms with Crippen LogP contribution in [0.2, 0.25) is 0 Å². The molecule has 3 heterocycles. The van der Waals surface area contributed by atoms with E-state index in [0.717, 1.165) is 24.5 Å². The fraction of sp³-hybridized carbons (Fsp3) is 0.308. The number of nitriles is 1. The Labute approximate surface area is 214 Å². The third kappa shape index (κ3) is 4.64. The van der Waals surface area contributed by atoms with E-state index in [0.29, 0.717) is 41.0 Å². The van der Waals surface area contributed by atoms with Crippen molar-refractivity contribution in [3.05, 3.63) is 74.9 Å². The van der Waals surface area contributed by atoms with Crippen molar-refractivity contribution in [3.8, 4) is 6.07 Å². The number of benzene rings is 1. The molecule has 0 aliphatic carbocycles. The molecule has 2 aliphatic heterocycles. The molecule has 0 N–H and O–H groups in total. The molecular weight excluding hydrogens is 478 g/mol. The minimum atomic E-state index is -0.302. The van der Waals surface area contributed by atoms with Crippen LogP contribution in [0.1, 0.15) is 23.6 Å². The van der Waals surface area contributed by atoms with E-state index in [9.17, 15) is 14.9 Å². The Morgan fingerprint density at radius 2 is 1.80 bits per heavy atom. The predicted octanol–water partition coefficient (Wildman–Crippen LogP) is 3.76. The summed E-state index contributed by atoms with van der Waals surface area (Å²) < 4.78 is 2.13. The Kier molecular flexibility index (Phi) is 7.43. The zero-order chi connectivity index (χ0) is 25.1. The van der Waals surface area contributed by atoms with Crippen molar-refractivity contribution in [2.24, 2.45) is 0 Å². The summed E-state index contributed by atoms with van der Waals surface area (Å²) in [5, 5.41) is 9.76. The lowest BCUT2D eigenvalue weighted by Crippen LogP contribution is -2.48. The molecule has 0 saturated carbocycles. The number of amides is 1. The van der Waals surface area contributed by atoms with Crippen LogP contribution in [0.3, 0.4) is 0 Å². The van der Waals surface area contributed by atoms with Gasteiger partial charge in [0.05, 0.1) is 4.91 Å². The normalized spacial score (nSPS) is 17.3. The lowest BCUT2D eigenvalue weighted by atomic mass is 10.0. The molecule has 1 aromatic heterocycles. The van der Waals surface area contributed by atoms with Crippen molar-refractivity contribution in [2.45, 2.75) is 20.4 Å². The summed E-state index contributed by atoms with van der Waals surface area (Å²) in [6.45, 7) is 11.1. The van der Waals surface area contributed by atoms with Gasteiger partial charge in [-0.05, 0) is 37.6 Å². The quantitative estimate of drug-likeness (QED) is 0.336. The molecule has 9 heteroatoms. The summed E-state index contributed by atoms with van der Waals surface area (Å²) in [5.74, 6) is 0.558. The topological polar surface area (TPSA) is 72.6 Å². The number of rotatable bonds is 6. The number of pyridine rings is 1. The number of nitrogens with zero attached hydrogens (tertiary/aromatic N) is 5. The van der Waals surface area contributed by atoms with Crippen LogP contribution < -0.4 is 15.4 Å². The molecule has 4 rings (SSSR count). The Balaban J connectivity index is 1.78. The van der Waals surface area contributed by atoms with Gasteiger partial charge in [-0.25, -0.2) is 0 Å². The van der Waals surface area contributed by atoms with Crippen LogP contribution in [0.5, 0.6) is 0 Å². The van der Waals surface area contributed by atoms with Gasteiger partial charge in [0.1, 0.15) is 21.8 Å². The van der Waals surface area contributed by atoms with Crippen molar-refractivity contribution < 1.29 is 4.79 Å². The van der Waals surface area contributed by atoms with Crippen molar-refractivity contribution >= 4 is 51.8 Å². The second kappa shape index (κ2) is 10.5. The van der Waals surface area contributed by atoms with Gasteiger partial charge in [0.2, 0.25) is 0 Å². The van der Waals surface area contributed by atoms with Crippen LogP contribution in [0, 0.1) is 18.3 Å². The lowest BCUT2D eigenvalue weighted by Gasteiger charge is -2.39. The van der Waals surface area contributed by atoms with E-state index < -0.39 is 0 Å². The molecule has 0 bridgehead atoms. The van der Waals surface area contributed by atoms with E-state index >= 15 is 0 Å². The summed E-state index contributed by atoms with van der Waals surface area (Å²) in [5.41, 5.74) is 2.27. The van der Waals surface area contributed by atoms with E-state index in [1.54, 1.807) is 23.6 Å².